The molecular weight excluding hydrogens is 246 g/mol. The first-order valence-electron chi connectivity index (χ1n) is 6.78. The summed E-state index contributed by atoms with van der Waals surface area (Å²) in [7, 11) is 1.98. The number of rotatable bonds is 5. The fraction of sp³-hybridized carbons (Fsp3) is 0.235. The van der Waals surface area contributed by atoms with Crippen molar-refractivity contribution in [3.05, 3.63) is 59.7 Å². The second kappa shape index (κ2) is 6.74. The quantitative estimate of drug-likeness (QED) is 0.900. The number of nitrogens with zero attached hydrogens (tertiary/aromatic N) is 2. The van der Waals surface area contributed by atoms with Gasteiger partial charge in [0.1, 0.15) is 6.07 Å². The molecule has 0 spiro atoms. The number of hydrogen-bond donors (Lipinski definition) is 1. The maximum Gasteiger partial charge on any atom is 0.101 e. The minimum absolute atomic E-state index is 0.701. The van der Waals surface area contributed by atoms with Gasteiger partial charge in [-0.25, -0.2) is 0 Å². The molecule has 0 saturated carbocycles. The van der Waals surface area contributed by atoms with E-state index in [-0.39, 0.29) is 0 Å². The Hall–Kier alpha value is -2.31. The van der Waals surface area contributed by atoms with Crippen molar-refractivity contribution in [1.82, 2.24) is 5.32 Å². The SMILES string of the molecule is CCNCc1ccc(N(C)c2ccccc2)c(C#N)c1. The molecule has 2 aromatic carbocycles. The molecule has 20 heavy (non-hydrogen) atoms. The predicted molar refractivity (Wildman–Crippen MR) is 83.0 cm³/mol. The highest BCUT2D eigenvalue weighted by Gasteiger charge is 2.09. The highest BCUT2D eigenvalue weighted by molar-refractivity contribution is 5.69. The van der Waals surface area contributed by atoms with Crippen LogP contribution in [-0.4, -0.2) is 13.6 Å². The van der Waals surface area contributed by atoms with E-state index in [1.54, 1.807) is 0 Å². The lowest BCUT2D eigenvalue weighted by molar-refractivity contribution is 0.726. The fourth-order valence-electron chi connectivity index (χ4n) is 2.14. The summed E-state index contributed by atoms with van der Waals surface area (Å²) in [5.41, 5.74) is 3.84. The van der Waals surface area contributed by atoms with Crippen LogP contribution in [0.15, 0.2) is 48.5 Å². The van der Waals surface area contributed by atoms with Gasteiger partial charge in [-0.05, 0) is 36.4 Å². The van der Waals surface area contributed by atoms with Gasteiger partial charge in [-0.15, -0.1) is 0 Å². The molecule has 0 aromatic heterocycles. The molecule has 0 aliphatic carbocycles. The lowest BCUT2D eigenvalue weighted by atomic mass is 10.1. The Kier molecular flexibility index (Phi) is 4.75. The summed E-state index contributed by atoms with van der Waals surface area (Å²) in [5.74, 6) is 0. The van der Waals surface area contributed by atoms with Crippen LogP contribution in [0.4, 0.5) is 11.4 Å². The molecule has 0 saturated heterocycles. The van der Waals surface area contributed by atoms with Crippen LogP contribution in [0.1, 0.15) is 18.1 Å². The molecule has 0 bridgehead atoms. The molecule has 102 valence electrons. The van der Waals surface area contributed by atoms with E-state index in [1.807, 2.05) is 54.4 Å². The Bertz CT molecular complexity index is 599. The van der Waals surface area contributed by atoms with Gasteiger partial charge in [0.25, 0.3) is 0 Å². The first-order valence-corrected chi connectivity index (χ1v) is 6.78. The zero-order valence-electron chi connectivity index (χ0n) is 11.9. The maximum atomic E-state index is 9.37. The smallest absolute Gasteiger partial charge is 0.101 e. The number of benzene rings is 2. The summed E-state index contributed by atoms with van der Waals surface area (Å²) < 4.78 is 0. The number of para-hydroxylation sites is 1. The van der Waals surface area contributed by atoms with Gasteiger partial charge in [0.2, 0.25) is 0 Å². The second-order valence-electron chi connectivity index (χ2n) is 4.64. The third-order valence-corrected chi connectivity index (χ3v) is 3.27. The van der Waals surface area contributed by atoms with E-state index >= 15 is 0 Å². The van der Waals surface area contributed by atoms with Crippen molar-refractivity contribution in [2.45, 2.75) is 13.5 Å². The Morgan fingerprint density at radius 3 is 2.55 bits per heavy atom. The monoisotopic (exact) mass is 265 g/mol. The third kappa shape index (κ3) is 3.17. The van der Waals surface area contributed by atoms with Crippen LogP contribution >= 0.6 is 0 Å². The molecule has 0 fully saturated rings. The van der Waals surface area contributed by atoms with Crippen molar-refractivity contribution in [2.24, 2.45) is 0 Å². The molecule has 0 radical (unpaired) electrons. The summed E-state index contributed by atoms with van der Waals surface area (Å²) in [4.78, 5) is 2.04. The van der Waals surface area contributed by atoms with E-state index in [0.717, 1.165) is 30.0 Å². The zero-order valence-corrected chi connectivity index (χ0v) is 11.9. The van der Waals surface area contributed by atoms with Gasteiger partial charge in [0.15, 0.2) is 0 Å². The summed E-state index contributed by atoms with van der Waals surface area (Å²) >= 11 is 0. The van der Waals surface area contributed by atoms with Gasteiger partial charge in [-0.2, -0.15) is 5.26 Å². The molecule has 2 aromatic rings. The van der Waals surface area contributed by atoms with Crippen LogP contribution in [0, 0.1) is 11.3 Å². The van der Waals surface area contributed by atoms with E-state index in [4.69, 9.17) is 0 Å². The number of anilines is 2. The first kappa shape index (κ1) is 14.1. The highest BCUT2D eigenvalue weighted by Crippen LogP contribution is 2.27. The van der Waals surface area contributed by atoms with Crippen molar-refractivity contribution in [2.75, 3.05) is 18.5 Å². The first-order chi connectivity index (χ1) is 9.76. The highest BCUT2D eigenvalue weighted by atomic mass is 15.1. The molecule has 0 atom stereocenters. The van der Waals surface area contributed by atoms with Gasteiger partial charge in [-0.1, -0.05) is 31.2 Å². The molecule has 0 aliphatic heterocycles. The standard InChI is InChI=1S/C17H19N3/c1-3-19-13-14-9-10-17(15(11-14)12-18)20(2)16-7-5-4-6-8-16/h4-11,19H,3,13H2,1-2H3. The number of nitriles is 1. The van der Waals surface area contributed by atoms with Crippen LogP contribution in [0.3, 0.4) is 0 Å². The van der Waals surface area contributed by atoms with Crippen LogP contribution in [0.5, 0.6) is 0 Å². The molecule has 1 N–H and O–H groups in total. The van der Waals surface area contributed by atoms with Crippen LogP contribution in [0.2, 0.25) is 0 Å². The Labute approximate surface area is 120 Å². The van der Waals surface area contributed by atoms with Crippen LogP contribution in [0.25, 0.3) is 0 Å². The summed E-state index contributed by atoms with van der Waals surface area (Å²) in [6.07, 6.45) is 0. The molecule has 0 amide bonds. The van der Waals surface area contributed by atoms with E-state index in [0.29, 0.717) is 5.56 Å². The minimum Gasteiger partial charge on any atom is -0.344 e. The van der Waals surface area contributed by atoms with Crippen molar-refractivity contribution in [3.8, 4) is 6.07 Å². The average molecular weight is 265 g/mol. The fourth-order valence-corrected chi connectivity index (χ4v) is 2.14. The maximum absolute atomic E-state index is 9.37. The number of hydrogen-bond acceptors (Lipinski definition) is 3. The molecular formula is C17H19N3. The Morgan fingerprint density at radius 1 is 1.15 bits per heavy atom. The van der Waals surface area contributed by atoms with Crippen LogP contribution in [-0.2, 0) is 6.54 Å². The van der Waals surface area contributed by atoms with Gasteiger partial charge in [-0.3, -0.25) is 0 Å². The van der Waals surface area contributed by atoms with Crippen molar-refractivity contribution in [1.29, 1.82) is 5.26 Å². The second-order valence-corrected chi connectivity index (χ2v) is 4.64. The third-order valence-electron chi connectivity index (χ3n) is 3.27. The van der Waals surface area contributed by atoms with E-state index in [9.17, 15) is 5.26 Å². The lowest BCUT2D eigenvalue weighted by Gasteiger charge is -2.21. The predicted octanol–water partition coefficient (Wildman–Crippen LogP) is 3.44. The molecule has 0 unspecified atom stereocenters. The van der Waals surface area contributed by atoms with Gasteiger partial charge < -0.3 is 10.2 Å². The average Bonchev–Trinajstić information content (AvgIpc) is 2.52. The van der Waals surface area contributed by atoms with E-state index in [1.165, 1.54) is 0 Å². The summed E-state index contributed by atoms with van der Waals surface area (Å²) in [6, 6.07) is 18.4. The Balaban J connectivity index is 2.30. The van der Waals surface area contributed by atoms with Gasteiger partial charge >= 0.3 is 0 Å². The normalized spacial score (nSPS) is 10.1. The molecule has 2 rings (SSSR count). The van der Waals surface area contributed by atoms with Gasteiger partial charge in [0.05, 0.1) is 11.3 Å². The molecule has 3 heteroatoms. The lowest BCUT2D eigenvalue weighted by Crippen LogP contribution is -2.14. The zero-order chi connectivity index (χ0) is 14.4. The molecule has 0 heterocycles. The van der Waals surface area contributed by atoms with Crippen molar-refractivity contribution < 1.29 is 0 Å². The van der Waals surface area contributed by atoms with Gasteiger partial charge in [0, 0.05) is 19.3 Å². The minimum atomic E-state index is 0.701. The summed E-state index contributed by atoms with van der Waals surface area (Å²) in [5, 5.41) is 12.6. The van der Waals surface area contributed by atoms with Crippen molar-refractivity contribution in [3.63, 3.8) is 0 Å². The van der Waals surface area contributed by atoms with E-state index in [2.05, 4.69) is 24.4 Å². The topological polar surface area (TPSA) is 39.1 Å². The van der Waals surface area contributed by atoms with Crippen molar-refractivity contribution >= 4 is 11.4 Å². The Morgan fingerprint density at radius 2 is 1.90 bits per heavy atom. The van der Waals surface area contributed by atoms with Crippen LogP contribution < -0.4 is 10.2 Å². The summed E-state index contributed by atoms with van der Waals surface area (Å²) in [6.45, 7) is 3.79. The molecule has 0 aliphatic rings. The largest absolute Gasteiger partial charge is 0.344 e. The molecule has 3 nitrogen and oxygen atoms in total. The van der Waals surface area contributed by atoms with E-state index < -0.39 is 0 Å². The number of nitrogens with one attached hydrogen (secondary N) is 1.